The highest BCUT2D eigenvalue weighted by molar-refractivity contribution is 5.95. The van der Waals surface area contributed by atoms with Crippen LogP contribution in [0.3, 0.4) is 0 Å². The average Bonchev–Trinajstić information content (AvgIpc) is 2.37. The molecular weight excluding hydrogens is 236 g/mol. The van der Waals surface area contributed by atoms with Gasteiger partial charge in [0.2, 0.25) is 0 Å². The molecule has 1 aromatic rings. The maximum absolute atomic E-state index is 11.6. The molecule has 0 aromatic heterocycles. The van der Waals surface area contributed by atoms with Crippen molar-refractivity contribution in [1.82, 2.24) is 5.32 Å². The van der Waals surface area contributed by atoms with E-state index in [1.807, 2.05) is 0 Å². The molecule has 98 valence electrons. The molecule has 0 unspecified atom stereocenters. The van der Waals surface area contributed by atoms with E-state index in [1.165, 1.54) is 19.2 Å². The van der Waals surface area contributed by atoms with Crippen molar-refractivity contribution < 1.29 is 19.1 Å². The second-order valence-electron chi connectivity index (χ2n) is 3.43. The summed E-state index contributed by atoms with van der Waals surface area (Å²) >= 11 is 0. The predicted octanol–water partition coefficient (Wildman–Crippen LogP) is 0.570. The van der Waals surface area contributed by atoms with Gasteiger partial charge in [0.1, 0.15) is 5.75 Å². The number of nitrogens with one attached hydrogen (secondary N) is 1. The molecule has 0 heterocycles. The molecule has 1 amide bonds. The Morgan fingerprint density at radius 2 is 2.11 bits per heavy atom. The first-order valence-corrected chi connectivity index (χ1v) is 5.48. The SMILES string of the molecule is CCOC(=O)c1cc(OCC(=O)NC)ccc1N. The standard InChI is InChI=1S/C12H16N2O4/c1-3-17-12(16)9-6-8(4-5-10(9)13)18-7-11(15)14-2/h4-6H,3,7,13H2,1-2H3,(H,14,15). The first kappa shape index (κ1) is 13.8. The highest BCUT2D eigenvalue weighted by atomic mass is 16.5. The molecule has 18 heavy (non-hydrogen) atoms. The van der Waals surface area contributed by atoms with Gasteiger partial charge in [0.05, 0.1) is 12.2 Å². The number of nitrogen functional groups attached to an aromatic ring is 1. The van der Waals surface area contributed by atoms with E-state index in [2.05, 4.69) is 5.32 Å². The number of likely N-dealkylation sites (N-methyl/N-ethyl adjacent to an activating group) is 1. The van der Waals surface area contributed by atoms with Gasteiger partial charge in [-0.3, -0.25) is 4.79 Å². The Balaban J connectivity index is 2.80. The van der Waals surface area contributed by atoms with Gasteiger partial charge in [-0.05, 0) is 25.1 Å². The van der Waals surface area contributed by atoms with Gasteiger partial charge in [0.15, 0.2) is 6.61 Å². The molecule has 6 nitrogen and oxygen atoms in total. The summed E-state index contributed by atoms with van der Waals surface area (Å²) in [6, 6.07) is 4.57. The van der Waals surface area contributed by atoms with Gasteiger partial charge in [0, 0.05) is 12.7 Å². The topological polar surface area (TPSA) is 90.6 Å². The number of amides is 1. The third-order valence-corrected chi connectivity index (χ3v) is 2.17. The zero-order chi connectivity index (χ0) is 13.5. The number of rotatable bonds is 5. The van der Waals surface area contributed by atoms with Crippen molar-refractivity contribution in [1.29, 1.82) is 0 Å². The van der Waals surface area contributed by atoms with Gasteiger partial charge in [-0.1, -0.05) is 0 Å². The fraction of sp³-hybridized carbons (Fsp3) is 0.333. The Hall–Kier alpha value is -2.24. The number of nitrogens with two attached hydrogens (primary N) is 1. The third kappa shape index (κ3) is 3.65. The zero-order valence-corrected chi connectivity index (χ0v) is 10.4. The van der Waals surface area contributed by atoms with Crippen LogP contribution in [0.1, 0.15) is 17.3 Å². The maximum atomic E-state index is 11.6. The molecular formula is C12H16N2O4. The third-order valence-electron chi connectivity index (χ3n) is 2.17. The normalized spacial score (nSPS) is 9.67. The molecule has 6 heteroatoms. The van der Waals surface area contributed by atoms with Crippen LogP contribution in [0.15, 0.2) is 18.2 Å². The van der Waals surface area contributed by atoms with E-state index >= 15 is 0 Å². The van der Waals surface area contributed by atoms with Gasteiger partial charge in [-0.15, -0.1) is 0 Å². The van der Waals surface area contributed by atoms with Crippen molar-refractivity contribution in [3.8, 4) is 5.75 Å². The van der Waals surface area contributed by atoms with Crippen molar-refractivity contribution in [2.45, 2.75) is 6.92 Å². The summed E-state index contributed by atoms with van der Waals surface area (Å²) in [5.74, 6) is -0.388. The van der Waals surface area contributed by atoms with Crippen LogP contribution in [0.25, 0.3) is 0 Å². The summed E-state index contributed by atoms with van der Waals surface area (Å²) in [5, 5.41) is 2.42. The van der Waals surface area contributed by atoms with E-state index in [1.54, 1.807) is 13.0 Å². The van der Waals surface area contributed by atoms with Crippen LogP contribution in [0.4, 0.5) is 5.69 Å². The zero-order valence-electron chi connectivity index (χ0n) is 10.4. The second kappa shape index (κ2) is 6.48. The Kier molecular flexibility index (Phi) is 4.98. The molecule has 0 aliphatic rings. The molecule has 3 N–H and O–H groups in total. The van der Waals surface area contributed by atoms with Gasteiger partial charge in [0.25, 0.3) is 5.91 Å². The van der Waals surface area contributed by atoms with Crippen LogP contribution >= 0.6 is 0 Å². The Labute approximate surface area is 105 Å². The highest BCUT2D eigenvalue weighted by Crippen LogP contribution is 2.20. The molecule has 0 fully saturated rings. The predicted molar refractivity (Wildman–Crippen MR) is 66.4 cm³/mol. The van der Waals surface area contributed by atoms with E-state index in [-0.39, 0.29) is 24.7 Å². The van der Waals surface area contributed by atoms with E-state index < -0.39 is 5.97 Å². The Morgan fingerprint density at radius 3 is 2.72 bits per heavy atom. The number of carbonyl (C=O) groups is 2. The minimum Gasteiger partial charge on any atom is -0.484 e. The highest BCUT2D eigenvalue weighted by Gasteiger charge is 2.12. The van der Waals surface area contributed by atoms with E-state index in [0.29, 0.717) is 11.4 Å². The maximum Gasteiger partial charge on any atom is 0.340 e. The van der Waals surface area contributed by atoms with Crippen molar-refractivity contribution in [3.63, 3.8) is 0 Å². The van der Waals surface area contributed by atoms with Crippen LogP contribution in [-0.2, 0) is 9.53 Å². The number of anilines is 1. The molecule has 0 aliphatic heterocycles. The first-order chi connectivity index (χ1) is 8.58. The lowest BCUT2D eigenvalue weighted by atomic mass is 10.2. The molecule has 0 bridgehead atoms. The molecule has 1 aromatic carbocycles. The smallest absolute Gasteiger partial charge is 0.340 e. The summed E-state index contributed by atoms with van der Waals surface area (Å²) in [7, 11) is 1.51. The van der Waals surface area contributed by atoms with Gasteiger partial charge in [-0.2, -0.15) is 0 Å². The minimum atomic E-state index is -0.514. The molecule has 0 radical (unpaired) electrons. The van der Waals surface area contributed by atoms with Crippen LogP contribution < -0.4 is 15.8 Å². The molecule has 0 aliphatic carbocycles. The van der Waals surface area contributed by atoms with Gasteiger partial charge < -0.3 is 20.5 Å². The van der Waals surface area contributed by atoms with Crippen molar-refractivity contribution >= 4 is 17.6 Å². The molecule has 1 rings (SSSR count). The monoisotopic (exact) mass is 252 g/mol. The number of ether oxygens (including phenoxy) is 2. The summed E-state index contributed by atoms with van der Waals surface area (Å²) in [5.41, 5.74) is 6.20. The summed E-state index contributed by atoms with van der Waals surface area (Å²) in [6.45, 7) is 1.85. The lowest BCUT2D eigenvalue weighted by Crippen LogP contribution is -2.24. The van der Waals surface area contributed by atoms with Crippen LogP contribution in [0.2, 0.25) is 0 Å². The van der Waals surface area contributed by atoms with E-state index in [4.69, 9.17) is 15.2 Å². The largest absolute Gasteiger partial charge is 0.484 e. The molecule has 0 saturated carbocycles. The van der Waals surface area contributed by atoms with Crippen LogP contribution in [-0.4, -0.2) is 32.1 Å². The molecule has 0 spiro atoms. The lowest BCUT2D eigenvalue weighted by molar-refractivity contribution is -0.122. The summed E-state index contributed by atoms with van der Waals surface area (Å²) < 4.78 is 10.1. The fourth-order valence-electron chi connectivity index (χ4n) is 1.23. The number of hydrogen-bond acceptors (Lipinski definition) is 5. The van der Waals surface area contributed by atoms with E-state index in [0.717, 1.165) is 0 Å². The van der Waals surface area contributed by atoms with E-state index in [9.17, 15) is 9.59 Å². The lowest BCUT2D eigenvalue weighted by Gasteiger charge is -2.09. The van der Waals surface area contributed by atoms with Crippen LogP contribution in [0.5, 0.6) is 5.75 Å². The number of hydrogen-bond donors (Lipinski definition) is 2. The van der Waals surface area contributed by atoms with Gasteiger partial charge in [-0.25, -0.2) is 4.79 Å². The number of esters is 1. The van der Waals surface area contributed by atoms with Crippen LogP contribution in [0, 0.1) is 0 Å². The van der Waals surface area contributed by atoms with Crippen molar-refractivity contribution in [3.05, 3.63) is 23.8 Å². The summed E-state index contributed by atoms with van der Waals surface area (Å²) in [4.78, 5) is 22.6. The summed E-state index contributed by atoms with van der Waals surface area (Å²) in [6.07, 6.45) is 0. The Morgan fingerprint density at radius 1 is 1.39 bits per heavy atom. The molecule has 0 atom stereocenters. The molecule has 0 saturated heterocycles. The second-order valence-corrected chi connectivity index (χ2v) is 3.43. The number of carbonyl (C=O) groups excluding carboxylic acids is 2. The fourth-order valence-corrected chi connectivity index (χ4v) is 1.23. The number of benzene rings is 1. The first-order valence-electron chi connectivity index (χ1n) is 5.48. The Bertz CT molecular complexity index is 446. The average molecular weight is 252 g/mol. The minimum absolute atomic E-state index is 0.122. The van der Waals surface area contributed by atoms with Gasteiger partial charge >= 0.3 is 5.97 Å². The van der Waals surface area contributed by atoms with Crippen molar-refractivity contribution in [2.75, 3.05) is 26.0 Å². The van der Waals surface area contributed by atoms with Crippen molar-refractivity contribution in [2.24, 2.45) is 0 Å². The quantitative estimate of drug-likeness (QED) is 0.590.